The average Bonchev–Trinajstić information content (AvgIpc) is 2.39. The molecule has 0 bridgehead atoms. The summed E-state index contributed by atoms with van der Waals surface area (Å²) in [6.07, 6.45) is 5.11. The van der Waals surface area contributed by atoms with Gasteiger partial charge in [0.25, 0.3) is 0 Å². The molecule has 1 nitrogen and oxygen atoms in total. The summed E-state index contributed by atoms with van der Waals surface area (Å²) in [7, 11) is 0. The van der Waals surface area contributed by atoms with Crippen LogP contribution in [0.3, 0.4) is 0 Å². The van der Waals surface area contributed by atoms with E-state index in [1.807, 2.05) is 0 Å². The Hall–Kier alpha value is -0.630. The fourth-order valence-corrected chi connectivity index (χ4v) is 2.99. The smallest absolute Gasteiger partial charge is 0.119 e. The second-order valence-electron chi connectivity index (χ2n) is 5.64. The Balaban J connectivity index is 1.97. The first kappa shape index (κ1) is 13.8. The van der Waals surface area contributed by atoms with Crippen LogP contribution in [0.1, 0.15) is 37.8 Å². The predicted octanol–water partition coefficient (Wildman–Crippen LogP) is 4.15. The molecule has 0 fully saturated rings. The molecule has 0 spiro atoms. The highest BCUT2D eigenvalue weighted by atomic mass is 32.1. The van der Waals surface area contributed by atoms with Gasteiger partial charge < -0.3 is 4.74 Å². The molecular formula is C16H24OS. The highest BCUT2D eigenvalue weighted by molar-refractivity contribution is 7.80. The van der Waals surface area contributed by atoms with Crippen molar-refractivity contribution in [1.82, 2.24) is 0 Å². The summed E-state index contributed by atoms with van der Waals surface area (Å²) in [5.74, 6) is 3.08. The molecule has 1 aromatic rings. The quantitative estimate of drug-likeness (QED) is 0.786. The van der Waals surface area contributed by atoms with Gasteiger partial charge in [-0.15, -0.1) is 0 Å². The van der Waals surface area contributed by atoms with Crippen LogP contribution >= 0.6 is 12.6 Å². The Labute approximate surface area is 116 Å². The maximum Gasteiger partial charge on any atom is 0.119 e. The molecule has 18 heavy (non-hydrogen) atoms. The summed E-state index contributed by atoms with van der Waals surface area (Å²) < 4.78 is 5.94. The molecular weight excluding hydrogens is 240 g/mol. The highest BCUT2D eigenvalue weighted by Crippen LogP contribution is 2.26. The molecule has 1 aromatic carbocycles. The van der Waals surface area contributed by atoms with Crippen LogP contribution < -0.4 is 4.74 Å². The second-order valence-corrected chi connectivity index (χ2v) is 6.00. The molecule has 0 saturated carbocycles. The molecule has 2 rings (SSSR count). The molecule has 1 atom stereocenters. The van der Waals surface area contributed by atoms with Crippen molar-refractivity contribution in [2.45, 2.75) is 39.5 Å². The molecule has 0 saturated heterocycles. The van der Waals surface area contributed by atoms with Gasteiger partial charge in [-0.05, 0) is 60.6 Å². The molecule has 0 aromatic heterocycles. The second kappa shape index (κ2) is 6.51. The molecule has 0 N–H and O–H groups in total. The van der Waals surface area contributed by atoms with Crippen LogP contribution in [-0.4, -0.2) is 12.4 Å². The van der Waals surface area contributed by atoms with Crippen molar-refractivity contribution in [2.75, 3.05) is 12.4 Å². The minimum atomic E-state index is 0.532. The van der Waals surface area contributed by atoms with Gasteiger partial charge in [0.05, 0.1) is 6.61 Å². The SMILES string of the molecule is CC(C)C(CS)COc1ccc2c(c1)CCCC2. The van der Waals surface area contributed by atoms with Crippen molar-refractivity contribution in [3.05, 3.63) is 29.3 Å². The van der Waals surface area contributed by atoms with Crippen molar-refractivity contribution in [3.63, 3.8) is 0 Å². The first-order valence-electron chi connectivity index (χ1n) is 7.06. The summed E-state index contributed by atoms with van der Waals surface area (Å²) in [5, 5.41) is 0. The molecule has 1 unspecified atom stereocenters. The van der Waals surface area contributed by atoms with Gasteiger partial charge >= 0.3 is 0 Å². The number of ether oxygens (including phenoxy) is 1. The third-order valence-electron chi connectivity index (χ3n) is 3.96. The van der Waals surface area contributed by atoms with Gasteiger partial charge in [0.1, 0.15) is 5.75 Å². The molecule has 0 aliphatic heterocycles. The summed E-state index contributed by atoms with van der Waals surface area (Å²) in [4.78, 5) is 0. The van der Waals surface area contributed by atoms with Crippen LogP contribution in [0.15, 0.2) is 18.2 Å². The van der Waals surface area contributed by atoms with E-state index < -0.39 is 0 Å². The lowest BCUT2D eigenvalue weighted by Gasteiger charge is -2.21. The van der Waals surface area contributed by atoms with Crippen LogP contribution in [0.2, 0.25) is 0 Å². The topological polar surface area (TPSA) is 9.23 Å². The van der Waals surface area contributed by atoms with E-state index in [-0.39, 0.29) is 0 Å². The maximum atomic E-state index is 5.94. The minimum absolute atomic E-state index is 0.532. The van der Waals surface area contributed by atoms with E-state index >= 15 is 0 Å². The minimum Gasteiger partial charge on any atom is -0.493 e. The van der Waals surface area contributed by atoms with E-state index in [1.54, 1.807) is 0 Å². The van der Waals surface area contributed by atoms with E-state index in [1.165, 1.54) is 36.8 Å². The van der Waals surface area contributed by atoms with Crippen LogP contribution in [0.5, 0.6) is 5.75 Å². The van der Waals surface area contributed by atoms with E-state index in [2.05, 4.69) is 44.7 Å². The standard InChI is InChI=1S/C16H24OS/c1-12(2)15(11-18)10-17-16-8-7-13-5-3-4-6-14(13)9-16/h7-9,12,15,18H,3-6,10-11H2,1-2H3. The fourth-order valence-electron chi connectivity index (χ4n) is 2.46. The van der Waals surface area contributed by atoms with Gasteiger partial charge in [-0.2, -0.15) is 12.6 Å². The van der Waals surface area contributed by atoms with Gasteiger partial charge in [0.2, 0.25) is 0 Å². The van der Waals surface area contributed by atoms with E-state index in [0.717, 1.165) is 18.1 Å². The number of fused-ring (bicyclic) bond motifs is 1. The molecule has 100 valence electrons. The van der Waals surface area contributed by atoms with Crippen LogP contribution in [-0.2, 0) is 12.8 Å². The largest absolute Gasteiger partial charge is 0.493 e. The lowest BCUT2D eigenvalue weighted by atomic mass is 9.92. The Morgan fingerprint density at radius 2 is 1.89 bits per heavy atom. The normalized spacial score (nSPS) is 16.4. The summed E-state index contributed by atoms with van der Waals surface area (Å²) in [6, 6.07) is 6.61. The number of hydrogen-bond donors (Lipinski definition) is 1. The Morgan fingerprint density at radius 1 is 1.17 bits per heavy atom. The number of hydrogen-bond acceptors (Lipinski definition) is 2. The summed E-state index contributed by atoms with van der Waals surface area (Å²) >= 11 is 4.40. The lowest BCUT2D eigenvalue weighted by Crippen LogP contribution is -2.19. The summed E-state index contributed by atoms with van der Waals surface area (Å²) in [5.41, 5.74) is 3.01. The van der Waals surface area contributed by atoms with E-state index in [4.69, 9.17) is 4.74 Å². The molecule has 0 heterocycles. The van der Waals surface area contributed by atoms with Crippen molar-refractivity contribution in [1.29, 1.82) is 0 Å². The third-order valence-corrected chi connectivity index (χ3v) is 4.43. The first-order chi connectivity index (χ1) is 8.70. The monoisotopic (exact) mass is 264 g/mol. The van der Waals surface area contributed by atoms with Crippen molar-refractivity contribution >= 4 is 12.6 Å². The summed E-state index contributed by atoms with van der Waals surface area (Å²) in [6.45, 7) is 5.24. The zero-order chi connectivity index (χ0) is 13.0. The lowest BCUT2D eigenvalue weighted by molar-refractivity contribution is 0.227. The molecule has 1 aliphatic carbocycles. The first-order valence-corrected chi connectivity index (χ1v) is 7.69. The molecule has 0 amide bonds. The Bertz CT molecular complexity index is 387. The van der Waals surface area contributed by atoms with Crippen LogP contribution in [0.4, 0.5) is 0 Å². The average molecular weight is 264 g/mol. The van der Waals surface area contributed by atoms with Gasteiger partial charge in [-0.25, -0.2) is 0 Å². The van der Waals surface area contributed by atoms with Gasteiger partial charge in [0, 0.05) is 5.92 Å². The number of rotatable bonds is 5. The van der Waals surface area contributed by atoms with Crippen molar-refractivity contribution in [2.24, 2.45) is 11.8 Å². The molecule has 1 aliphatic rings. The van der Waals surface area contributed by atoms with E-state index in [9.17, 15) is 0 Å². The van der Waals surface area contributed by atoms with E-state index in [0.29, 0.717) is 11.8 Å². The fraction of sp³-hybridized carbons (Fsp3) is 0.625. The predicted molar refractivity (Wildman–Crippen MR) is 80.8 cm³/mol. The van der Waals surface area contributed by atoms with Crippen LogP contribution in [0.25, 0.3) is 0 Å². The third kappa shape index (κ3) is 3.44. The van der Waals surface area contributed by atoms with Gasteiger partial charge in [0.15, 0.2) is 0 Å². The zero-order valence-corrected chi connectivity index (χ0v) is 12.4. The van der Waals surface area contributed by atoms with Crippen LogP contribution in [0, 0.1) is 11.8 Å². The Morgan fingerprint density at radius 3 is 2.56 bits per heavy atom. The zero-order valence-electron chi connectivity index (χ0n) is 11.5. The van der Waals surface area contributed by atoms with Crippen molar-refractivity contribution < 1.29 is 4.74 Å². The van der Waals surface area contributed by atoms with Gasteiger partial charge in [-0.1, -0.05) is 19.9 Å². The number of benzene rings is 1. The molecule has 0 radical (unpaired) electrons. The Kier molecular flexibility index (Phi) is 4.99. The number of aryl methyl sites for hydroxylation is 2. The van der Waals surface area contributed by atoms with Crippen molar-refractivity contribution in [3.8, 4) is 5.75 Å². The maximum absolute atomic E-state index is 5.94. The number of thiol groups is 1. The molecule has 2 heteroatoms. The highest BCUT2D eigenvalue weighted by Gasteiger charge is 2.14. The van der Waals surface area contributed by atoms with Gasteiger partial charge in [-0.3, -0.25) is 0 Å².